The van der Waals surface area contributed by atoms with Crippen LogP contribution in [0.3, 0.4) is 0 Å². The van der Waals surface area contributed by atoms with Crippen molar-refractivity contribution in [3.05, 3.63) is 23.8 Å². The van der Waals surface area contributed by atoms with Crippen LogP contribution in [0.4, 0.5) is 0 Å². The summed E-state index contributed by atoms with van der Waals surface area (Å²) >= 11 is 0. The maximum absolute atomic E-state index is 8.96. The molecule has 0 aliphatic heterocycles. The van der Waals surface area contributed by atoms with Gasteiger partial charge in [-0.25, -0.2) is 0 Å². The Morgan fingerprint density at radius 1 is 1.35 bits per heavy atom. The molecule has 0 fully saturated rings. The quantitative estimate of drug-likeness (QED) is 0.793. The van der Waals surface area contributed by atoms with Gasteiger partial charge < -0.3 is 20.3 Å². The summed E-state index contributed by atoms with van der Waals surface area (Å²) in [6, 6.07) is 5.49. The SMILES string of the molecule is COc1ccc([C@@H](C)N)c(OCC(C)CO)c1. The average molecular weight is 239 g/mol. The summed E-state index contributed by atoms with van der Waals surface area (Å²) in [5.74, 6) is 1.56. The second-order valence-electron chi connectivity index (χ2n) is 4.29. The summed E-state index contributed by atoms with van der Waals surface area (Å²) in [4.78, 5) is 0. The van der Waals surface area contributed by atoms with E-state index in [4.69, 9.17) is 20.3 Å². The second-order valence-corrected chi connectivity index (χ2v) is 4.29. The molecule has 0 spiro atoms. The van der Waals surface area contributed by atoms with Gasteiger partial charge in [0.05, 0.1) is 13.7 Å². The lowest BCUT2D eigenvalue weighted by molar-refractivity contribution is 0.173. The van der Waals surface area contributed by atoms with Gasteiger partial charge in [-0.3, -0.25) is 0 Å². The first-order valence-electron chi connectivity index (χ1n) is 5.75. The van der Waals surface area contributed by atoms with Crippen molar-refractivity contribution in [1.82, 2.24) is 0 Å². The highest BCUT2D eigenvalue weighted by Crippen LogP contribution is 2.28. The smallest absolute Gasteiger partial charge is 0.127 e. The van der Waals surface area contributed by atoms with Gasteiger partial charge in [-0.05, 0) is 13.0 Å². The molecule has 0 amide bonds. The Balaban J connectivity index is 2.85. The fraction of sp³-hybridized carbons (Fsp3) is 0.538. The van der Waals surface area contributed by atoms with E-state index in [9.17, 15) is 0 Å². The standard InChI is InChI=1S/C13H21NO3/c1-9(7-15)8-17-13-6-11(16-3)4-5-12(13)10(2)14/h4-6,9-10,15H,7-8,14H2,1-3H3/t9?,10-/m1/s1. The van der Waals surface area contributed by atoms with Crippen LogP contribution < -0.4 is 15.2 Å². The third-order valence-electron chi connectivity index (χ3n) is 2.55. The Hall–Kier alpha value is -1.26. The lowest BCUT2D eigenvalue weighted by atomic mass is 10.1. The van der Waals surface area contributed by atoms with Crippen LogP contribution >= 0.6 is 0 Å². The van der Waals surface area contributed by atoms with E-state index in [-0.39, 0.29) is 18.6 Å². The summed E-state index contributed by atoms with van der Waals surface area (Å²) < 4.78 is 10.8. The van der Waals surface area contributed by atoms with Gasteiger partial charge in [-0.1, -0.05) is 13.0 Å². The molecule has 0 saturated heterocycles. The molecule has 0 aliphatic rings. The number of benzene rings is 1. The Bertz CT molecular complexity index is 353. The number of rotatable bonds is 6. The van der Waals surface area contributed by atoms with E-state index in [1.807, 2.05) is 32.0 Å². The minimum absolute atomic E-state index is 0.0969. The minimum Gasteiger partial charge on any atom is -0.497 e. The highest BCUT2D eigenvalue weighted by molar-refractivity contribution is 5.42. The number of hydrogen-bond acceptors (Lipinski definition) is 4. The Morgan fingerprint density at radius 2 is 2.06 bits per heavy atom. The predicted octanol–water partition coefficient (Wildman–Crippen LogP) is 1.72. The maximum atomic E-state index is 8.96. The third-order valence-corrected chi connectivity index (χ3v) is 2.55. The molecule has 0 bridgehead atoms. The highest BCUT2D eigenvalue weighted by atomic mass is 16.5. The summed E-state index contributed by atoms with van der Waals surface area (Å²) in [7, 11) is 1.61. The van der Waals surface area contributed by atoms with Crippen molar-refractivity contribution >= 4 is 0 Å². The molecule has 17 heavy (non-hydrogen) atoms. The fourth-order valence-corrected chi connectivity index (χ4v) is 1.43. The molecule has 0 aliphatic carbocycles. The fourth-order valence-electron chi connectivity index (χ4n) is 1.43. The van der Waals surface area contributed by atoms with Crippen LogP contribution in [0.15, 0.2) is 18.2 Å². The maximum Gasteiger partial charge on any atom is 0.127 e. The van der Waals surface area contributed by atoms with E-state index in [1.165, 1.54) is 0 Å². The van der Waals surface area contributed by atoms with E-state index >= 15 is 0 Å². The molecule has 1 unspecified atom stereocenters. The zero-order valence-corrected chi connectivity index (χ0v) is 10.6. The van der Waals surface area contributed by atoms with Crippen molar-refractivity contribution in [3.8, 4) is 11.5 Å². The number of aliphatic hydroxyl groups is 1. The van der Waals surface area contributed by atoms with Crippen LogP contribution in [0.25, 0.3) is 0 Å². The summed E-state index contributed by atoms with van der Waals surface area (Å²) in [5.41, 5.74) is 6.82. The van der Waals surface area contributed by atoms with Gasteiger partial charge in [0.25, 0.3) is 0 Å². The van der Waals surface area contributed by atoms with Crippen molar-refractivity contribution in [1.29, 1.82) is 0 Å². The van der Waals surface area contributed by atoms with E-state index in [2.05, 4.69) is 0 Å². The zero-order chi connectivity index (χ0) is 12.8. The lowest BCUT2D eigenvalue weighted by Gasteiger charge is -2.17. The number of nitrogens with two attached hydrogens (primary N) is 1. The summed E-state index contributed by atoms with van der Waals surface area (Å²) in [5, 5.41) is 8.96. The van der Waals surface area contributed by atoms with Crippen LogP contribution in [0.2, 0.25) is 0 Å². The molecule has 0 aromatic heterocycles. The van der Waals surface area contributed by atoms with Crippen LogP contribution in [-0.2, 0) is 0 Å². The summed E-state index contributed by atoms with van der Waals surface area (Å²) in [6.45, 7) is 4.40. The first kappa shape index (κ1) is 13.8. The number of hydrogen-bond donors (Lipinski definition) is 2. The van der Waals surface area contributed by atoms with Crippen molar-refractivity contribution in [2.24, 2.45) is 11.7 Å². The zero-order valence-electron chi connectivity index (χ0n) is 10.6. The molecule has 1 rings (SSSR count). The van der Waals surface area contributed by atoms with Gasteiger partial charge in [0, 0.05) is 30.2 Å². The van der Waals surface area contributed by atoms with Gasteiger partial charge in [0.15, 0.2) is 0 Å². The van der Waals surface area contributed by atoms with Crippen LogP contribution in [0.5, 0.6) is 11.5 Å². The van der Waals surface area contributed by atoms with Gasteiger partial charge in [-0.15, -0.1) is 0 Å². The van der Waals surface area contributed by atoms with E-state index in [0.717, 1.165) is 17.1 Å². The van der Waals surface area contributed by atoms with Gasteiger partial charge in [-0.2, -0.15) is 0 Å². The Labute approximate surface area is 102 Å². The molecule has 3 N–H and O–H groups in total. The van der Waals surface area contributed by atoms with Gasteiger partial charge in [0.1, 0.15) is 11.5 Å². The van der Waals surface area contributed by atoms with E-state index in [0.29, 0.717) is 6.61 Å². The normalized spacial score (nSPS) is 14.2. The highest BCUT2D eigenvalue weighted by Gasteiger charge is 2.11. The first-order valence-corrected chi connectivity index (χ1v) is 5.75. The Kier molecular flexibility index (Phi) is 5.25. The molecule has 4 nitrogen and oxygen atoms in total. The molecular formula is C13H21NO3. The molecular weight excluding hydrogens is 218 g/mol. The molecule has 2 atom stereocenters. The topological polar surface area (TPSA) is 64.7 Å². The largest absolute Gasteiger partial charge is 0.497 e. The molecule has 1 aromatic rings. The van der Waals surface area contributed by atoms with Gasteiger partial charge >= 0.3 is 0 Å². The molecule has 0 heterocycles. The van der Waals surface area contributed by atoms with Crippen LogP contribution in [-0.4, -0.2) is 25.4 Å². The van der Waals surface area contributed by atoms with E-state index in [1.54, 1.807) is 7.11 Å². The number of methoxy groups -OCH3 is 1. The molecule has 4 heteroatoms. The second kappa shape index (κ2) is 6.47. The van der Waals surface area contributed by atoms with E-state index < -0.39 is 0 Å². The van der Waals surface area contributed by atoms with Crippen molar-refractivity contribution in [3.63, 3.8) is 0 Å². The average Bonchev–Trinajstić information content (AvgIpc) is 2.35. The van der Waals surface area contributed by atoms with Crippen LogP contribution in [0, 0.1) is 5.92 Å². The lowest BCUT2D eigenvalue weighted by Crippen LogP contribution is -2.14. The number of aliphatic hydroxyl groups excluding tert-OH is 1. The third kappa shape index (κ3) is 3.91. The first-order chi connectivity index (χ1) is 8.08. The monoisotopic (exact) mass is 239 g/mol. The van der Waals surface area contributed by atoms with Crippen molar-refractivity contribution in [2.75, 3.05) is 20.3 Å². The number of ether oxygens (including phenoxy) is 2. The molecule has 96 valence electrons. The molecule has 1 aromatic carbocycles. The van der Waals surface area contributed by atoms with Gasteiger partial charge in [0.2, 0.25) is 0 Å². The van der Waals surface area contributed by atoms with Crippen LogP contribution in [0.1, 0.15) is 25.5 Å². The van der Waals surface area contributed by atoms with Crippen molar-refractivity contribution < 1.29 is 14.6 Å². The minimum atomic E-state index is -0.0969. The Morgan fingerprint density at radius 3 is 2.59 bits per heavy atom. The molecule has 0 radical (unpaired) electrons. The van der Waals surface area contributed by atoms with Crippen molar-refractivity contribution in [2.45, 2.75) is 19.9 Å². The predicted molar refractivity (Wildman–Crippen MR) is 67.3 cm³/mol. The summed E-state index contributed by atoms with van der Waals surface area (Å²) in [6.07, 6.45) is 0. The molecule has 0 saturated carbocycles.